The molecule has 1 fully saturated rings. The third-order valence-electron chi connectivity index (χ3n) is 4.25. The third kappa shape index (κ3) is 7.75. The fraction of sp³-hybridized carbons (Fsp3) is 0.562. The van der Waals surface area contributed by atoms with Crippen LogP contribution in [0.3, 0.4) is 0 Å². The first-order chi connectivity index (χ1) is 11.8. The fourth-order valence-corrected chi connectivity index (χ4v) is 4.04. The molecule has 26 heavy (non-hydrogen) atoms. The van der Waals surface area contributed by atoms with Crippen molar-refractivity contribution in [2.24, 2.45) is 16.6 Å². The molecule has 0 amide bonds. The van der Waals surface area contributed by atoms with Crippen LogP contribution < -0.4 is 15.8 Å². The molecule has 0 heterocycles. The molecule has 2 rings (SSSR count). The van der Waals surface area contributed by atoms with Crippen molar-refractivity contribution in [3.63, 3.8) is 0 Å². The highest BCUT2D eigenvalue weighted by Gasteiger charge is 2.20. The summed E-state index contributed by atoms with van der Waals surface area (Å²) < 4.78 is 26.4. The van der Waals surface area contributed by atoms with Crippen LogP contribution in [0.2, 0.25) is 10.0 Å². The van der Waals surface area contributed by atoms with E-state index in [0.717, 1.165) is 18.4 Å². The summed E-state index contributed by atoms with van der Waals surface area (Å²) in [6.45, 7) is 2.50. The molecule has 0 saturated heterocycles. The fourth-order valence-electron chi connectivity index (χ4n) is 2.50. The zero-order valence-electron chi connectivity index (χ0n) is 14.5. The smallest absolute Gasteiger partial charge is 0.213 e. The van der Waals surface area contributed by atoms with E-state index in [9.17, 15) is 8.42 Å². The van der Waals surface area contributed by atoms with Crippen LogP contribution in [-0.4, -0.2) is 33.2 Å². The van der Waals surface area contributed by atoms with Gasteiger partial charge in [0.05, 0.1) is 18.3 Å². The number of aliphatic imine (C=N–C) groups is 1. The first-order valence-corrected chi connectivity index (χ1v) is 10.7. The van der Waals surface area contributed by atoms with Gasteiger partial charge >= 0.3 is 0 Å². The van der Waals surface area contributed by atoms with E-state index < -0.39 is 10.0 Å². The summed E-state index contributed by atoms with van der Waals surface area (Å²) in [5.41, 5.74) is 6.66. The first kappa shape index (κ1) is 23.7. The van der Waals surface area contributed by atoms with E-state index in [-0.39, 0.29) is 48.3 Å². The zero-order chi connectivity index (χ0) is 18.4. The number of benzene rings is 1. The number of sulfonamides is 1. The van der Waals surface area contributed by atoms with E-state index in [1.807, 2.05) is 13.0 Å². The molecular formula is C16H25Cl2IN4O2S. The number of nitrogens with one attached hydrogen (secondary N) is 2. The molecule has 1 saturated carbocycles. The summed E-state index contributed by atoms with van der Waals surface area (Å²) in [6, 6.07) is 5.03. The molecule has 1 aromatic carbocycles. The van der Waals surface area contributed by atoms with E-state index in [2.05, 4.69) is 15.0 Å². The quantitative estimate of drug-likeness (QED) is 0.271. The Hall–Kier alpha value is -0.290. The molecule has 0 bridgehead atoms. The van der Waals surface area contributed by atoms with E-state index >= 15 is 0 Å². The molecule has 0 aromatic heterocycles. The van der Waals surface area contributed by atoms with E-state index in [1.54, 1.807) is 12.1 Å². The molecule has 1 aliphatic carbocycles. The Balaban J connectivity index is 0.00000338. The van der Waals surface area contributed by atoms with Gasteiger partial charge in [-0.2, -0.15) is 0 Å². The van der Waals surface area contributed by atoms with E-state index in [4.69, 9.17) is 28.9 Å². The molecule has 0 aliphatic heterocycles. The van der Waals surface area contributed by atoms with Crippen LogP contribution in [0, 0.1) is 5.92 Å². The minimum Gasteiger partial charge on any atom is -0.370 e. The Kier molecular flexibility index (Phi) is 9.95. The van der Waals surface area contributed by atoms with Gasteiger partial charge in [-0.05, 0) is 43.4 Å². The van der Waals surface area contributed by atoms with Gasteiger partial charge in [-0.3, -0.25) is 4.99 Å². The average Bonchev–Trinajstić information content (AvgIpc) is 2.44. The number of rotatable bonds is 8. The Morgan fingerprint density at radius 1 is 1.38 bits per heavy atom. The predicted molar refractivity (Wildman–Crippen MR) is 119 cm³/mol. The molecule has 10 heteroatoms. The summed E-state index contributed by atoms with van der Waals surface area (Å²) in [6.07, 6.45) is 3.39. The van der Waals surface area contributed by atoms with Crippen molar-refractivity contribution in [2.75, 3.05) is 18.8 Å². The standard InChI is InChI=1S/C16H24Cl2N4O2S.HI/c1-11(14-6-5-13(17)9-15(14)18)22-16(19)20-7-8-25(23,24)21-10-12-3-2-4-12;/h5-6,9,11-12,21H,2-4,7-8,10H2,1H3,(H3,19,20,22);1H. The molecule has 4 N–H and O–H groups in total. The highest BCUT2D eigenvalue weighted by molar-refractivity contribution is 14.0. The number of hydrogen-bond acceptors (Lipinski definition) is 3. The number of halogens is 3. The molecule has 0 radical (unpaired) electrons. The SMILES string of the molecule is CC(NC(N)=NCCS(=O)(=O)NCC1CCC1)c1ccc(Cl)cc1Cl.I. The monoisotopic (exact) mass is 534 g/mol. The summed E-state index contributed by atoms with van der Waals surface area (Å²) >= 11 is 12.0. The van der Waals surface area contributed by atoms with Gasteiger partial charge in [-0.25, -0.2) is 13.1 Å². The number of guanidine groups is 1. The number of nitrogens with two attached hydrogens (primary N) is 1. The Morgan fingerprint density at radius 3 is 2.65 bits per heavy atom. The van der Waals surface area contributed by atoms with Crippen LogP contribution in [0.15, 0.2) is 23.2 Å². The van der Waals surface area contributed by atoms with Crippen molar-refractivity contribution in [3.8, 4) is 0 Å². The zero-order valence-corrected chi connectivity index (χ0v) is 19.2. The lowest BCUT2D eigenvalue weighted by Crippen LogP contribution is -2.36. The van der Waals surface area contributed by atoms with Crippen LogP contribution in [0.25, 0.3) is 0 Å². The molecule has 0 spiro atoms. The summed E-state index contributed by atoms with van der Waals surface area (Å²) in [7, 11) is -3.32. The second-order valence-electron chi connectivity index (χ2n) is 6.26. The third-order valence-corrected chi connectivity index (χ3v) is 6.14. The van der Waals surface area contributed by atoms with Gasteiger partial charge in [0.25, 0.3) is 0 Å². The number of hydrogen-bond donors (Lipinski definition) is 3. The van der Waals surface area contributed by atoms with Gasteiger partial charge in [0.15, 0.2) is 5.96 Å². The molecule has 148 valence electrons. The lowest BCUT2D eigenvalue weighted by atomic mass is 9.86. The van der Waals surface area contributed by atoms with Crippen molar-refractivity contribution in [1.29, 1.82) is 0 Å². The van der Waals surface area contributed by atoms with Gasteiger partial charge in [0, 0.05) is 16.6 Å². The molecule has 1 atom stereocenters. The highest BCUT2D eigenvalue weighted by atomic mass is 127. The summed E-state index contributed by atoms with van der Waals surface area (Å²) in [5.74, 6) is 0.570. The van der Waals surface area contributed by atoms with Gasteiger partial charge in [-0.15, -0.1) is 24.0 Å². The lowest BCUT2D eigenvalue weighted by molar-refractivity contribution is 0.316. The predicted octanol–water partition coefficient (Wildman–Crippen LogP) is 3.30. The molecule has 6 nitrogen and oxygen atoms in total. The van der Waals surface area contributed by atoms with Crippen LogP contribution in [0.4, 0.5) is 0 Å². The van der Waals surface area contributed by atoms with Crippen molar-refractivity contribution in [3.05, 3.63) is 33.8 Å². The topological polar surface area (TPSA) is 96.6 Å². The first-order valence-electron chi connectivity index (χ1n) is 8.25. The van der Waals surface area contributed by atoms with Crippen LogP contribution in [-0.2, 0) is 10.0 Å². The van der Waals surface area contributed by atoms with E-state index in [0.29, 0.717) is 22.5 Å². The Labute approximate surface area is 182 Å². The van der Waals surface area contributed by atoms with Crippen molar-refractivity contribution in [1.82, 2.24) is 10.0 Å². The minimum atomic E-state index is -3.32. The van der Waals surface area contributed by atoms with Crippen LogP contribution in [0.5, 0.6) is 0 Å². The molecule has 1 aromatic rings. The summed E-state index contributed by atoms with van der Waals surface area (Å²) in [4.78, 5) is 4.08. The molecule has 1 aliphatic rings. The van der Waals surface area contributed by atoms with Gasteiger partial charge in [0.2, 0.25) is 10.0 Å². The van der Waals surface area contributed by atoms with Gasteiger partial charge in [-0.1, -0.05) is 35.7 Å². The average molecular weight is 535 g/mol. The van der Waals surface area contributed by atoms with Gasteiger partial charge in [0.1, 0.15) is 0 Å². The minimum absolute atomic E-state index is 0. The van der Waals surface area contributed by atoms with Crippen LogP contribution in [0.1, 0.15) is 37.8 Å². The second kappa shape index (κ2) is 10.9. The van der Waals surface area contributed by atoms with E-state index in [1.165, 1.54) is 6.42 Å². The Morgan fingerprint density at radius 2 is 2.08 bits per heavy atom. The lowest BCUT2D eigenvalue weighted by Gasteiger charge is -2.25. The number of nitrogens with zero attached hydrogens (tertiary/aromatic N) is 1. The van der Waals surface area contributed by atoms with Crippen molar-refractivity contribution < 1.29 is 8.42 Å². The molecular weight excluding hydrogens is 510 g/mol. The second-order valence-corrected chi connectivity index (χ2v) is 9.03. The maximum Gasteiger partial charge on any atom is 0.213 e. The van der Waals surface area contributed by atoms with Crippen molar-refractivity contribution >= 4 is 63.2 Å². The largest absolute Gasteiger partial charge is 0.370 e. The highest BCUT2D eigenvalue weighted by Crippen LogP contribution is 2.26. The maximum absolute atomic E-state index is 11.9. The normalized spacial score (nSPS) is 16.5. The van der Waals surface area contributed by atoms with Gasteiger partial charge < -0.3 is 11.1 Å². The summed E-state index contributed by atoms with van der Waals surface area (Å²) in [5, 5.41) is 4.08. The van der Waals surface area contributed by atoms with Crippen molar-refractivity contribution in [2.45, 2.75) is 32.2 Å². The Bertz CT molecular complexity index is 727. The molecule has 1 unspecified atom stereocenters. The maximum atomic E-state index is 11.9. The van der Waals surface area contributed by atoms with Crippen LogP contribution >= 0.6 is 47.2 Å².